The summed E-state index contributed by atoms with van der Waals surface area (Å²) in [6.07, 6.45) is 0.250. The van der Waals surface area contributed by atoms with E-state index in [0.717, 1.165) is 22.7 Å². The normalized spacial score (nSPS) is 14.0. The highest BCUT2D eigenvalue weighted by Crippen LogP contribution is 2.56. The van der Waals surface area contributed by atoms with Gasteiger partial charge >= 0.3 is 12.1 Å². The smallest absolute Gasteiger partial charge is 0.373 e. The van der Waals surface area contributed by atoms with Crippen LogP contribution >= 0.6 is 0 Å². The van der Waals surface area contributed by atoms with Gasteiger partial charge in [-0.25, -0.2) is 4.79 Å². The van der Waals surface area contributed by atoms with Gasteiger partial charge in [0.25, 0.3) is 0 Å². The van der Waals surface area contributed by atoms with Gasteiger partial charge in [-0.3, -0.25) is 0 Å². The number of ether oxygens (including phenoxy) is 1. The third-order valence-corrected chi connectivity index (χ3v) is 9.51. The highest BCUT2D eigenvalue weighted by atomic mass is 16.5. The first-order chi connectivity index (χ1) is 22.0. The maximum absolute atomic E-state index is 12.4. The molecule has 7 rings (SSSR count). The third kappa shape index (κ3) is 4.97. The van der Waals surface area contributed by atoms with E-state index < -0.39 is 0 Å². The average Bonchev–Trinajstić information content (AvgIpc) is 3.40. The maximum atomic E-state index is 12.4. The number of carbonyl (C=O) groups excluding carboxylic acids is 3. The Morgan fingerprint density at radius 2 is 1.04 bits per heavy atom. The summed E-state index contributed by atoms with van der Waals surface area (Å²) in [5.74, 6) is -0.354. The van der Waals surface area contributed by atoms with Crippen LogP contribution in [0.1, 0.15) is 65.9 Å². The summed E-state index contributed by atoms with van der Waals surface area (Å²) in [4.78, 5) is 28.6. The lowest BCUT2D eigenvalue weighted by Crippen LogP contribution is -2.17. The van der Waals surface area contributed by atoms with Gasteiger partial charge in [-0.05, 0) is 112 Å². The summed E-state index contributed by atoms with van der Waals surface area (Å²) in [6.45, 7) is 11.4. The van der Waals surface area contributed by atoms with Crippen molar-refractivity contribution in [2.45, 2.75) is 45.4 Å². The number of para-hydroxylation sites is 2. The molecule has 230 valence electrons. The number of rotatable bonds is 5. The molecule has 0 bridgehead atoms. The number of esters is 1. The minimum atomic E-state index is -0.354. The molecule has 0 heterocycles. The quantitative estimate of drug-likeness (QED) is 0.194. The number of hydrogen-bond donors (Lipinski definition) is 2. The Balaban J connectivity index is 0.00000119. The Bertz CT molecular complexity index is 2050. The van der Waals surface area contributed by atoms with E-state index >= 15 is 0 Å². The molecule has 6 heteroatoms. The topological polar surface area (TPSA) is 84.5 Å². The number of benzene rings is 5. The van der Waals surface area contributed by atoms with Crippen molar-refractivity contribution in [3.05, 3.63) is 130 Å². The molecule has 0 fully saturated rings. The highest BCUT2D eigenvalue weighted by molar-refractivity contribution is 5.97. The number of fused-ring (bicyclic) bond motifs is 6. The number of anilines is 4. The molecule has 2 aliphatic rings. The fraction of sp³-hybridized carbons (Fsp3) is 0.200. The van der Waals surface area contributed by atoms with Gasteiger partial charge in [-0.15, -0.1) is 0 Å². The molecule has 0 radical (unpaired) electrons. The van der Waals surface area contributed by atoms with E-state index in [1.807, 2.05) is 18.2 Å². The largest absolute Gasteiger partial charge is 0.465 e. The molecule has 0 aliphatic heterocycles. The molecular formula is C40H36N2O4. The molecule has 0 amide bonds. The Hall–Kier alpha value is -5.45. The van der Waals surface area contributed by atoms with Crippen LogP contribution in [0.2, 0.25) is 0 Å². The summed E-state index contributed by atoms with van der Waals surface area (Å²) in [6, 6.07) is 34.1. The Morgan fingerprint density at radius 1 is 0.609 bits per heavy atom. The minimum absolute atomic E-state index is 0.130. The van der Waals surface area contributed by atoms with Crippen molar-refractivity contribution in [1.82, 2.24) is 0 Å². The molecule has 0 spiro atoms. The van der Waals surface area contributed by atoms with Crippen LogP contribution in [0, 0.1) is 6.92 Å². The van der Waals surface area contributed by atoms with Crippen LogP contribution in [0.3, 0.4) is 0 Å². The van der Waals surface area contributed by atoms with Crippen molar-refractivity contribution < 1.29 is 19.1 Å². The standard InChI is InChI=1S/C39H36N2O2.CO2/c1-23-11-7-9-13-35(23)40-24-15-17-26-29-21-34-30(22-33(29)38(2,3)31(26)19-24)27-18-16-25(20-32(27)39(34,4)5)41-36-14-10-8-12-28(36)37(42)43-6;2-1-3/h7-22,40-41H,1-6H3;. The van der Waals surface area contributed by atoms with E-state index in [9.17, 15) is 4.79 Å². The lowest BCUT2D eigenvalue weighted by atomic mass is 9.79. The van der Waals surface area contributed by atoms with Crippen molar-refractivity contribution in [2.75, 3.05) is 17.7 Å². The first kappa shape index (κ1) is 30.6. The molecular weight excluding hydrogens is 572 g/mol. The second-order valence-electron chi connectivity index (χ2n) is 12.9. The van der Waals surface area contributed by atoms with E-state index in [-0.39, 0.29) is 23.0 Å². The van der Waals surface area contributed by atoms with Gasteiger partial charge in [0.05, 0.1) is 18.4 Å². The molecule has 6 nitrogen and oxygen atoms in total. The molecule has 2 N–H and O–H groups in total. The second-order valence-corrected chi connectivity index (χ2v) is 12.9. The van der Waals surface area contributed by atoms with Gasteiger partial charge in [0.2, 0.25) is 0 Å². The van der Waals surface area contributed by atoms with E-state index in [0.29, 0.717) is 5.56 Å². The summed E-state index contributed by atoms with van der Waals surface area (Å²) in [7, 11) is 1.41. The van der Waals surface area contributed by atoms with Crippen molar-refractivity contribution in [1.29, 1.82) is 0 Å². The summed E-state index contributed by atoms with van der Waals surface area (Å²) >= 11 is 0. The van der Waals surface area contributed by atoms with Crippen molar-refractivity contribution in [3.63, 3.8) is 0 Å². The molecule has 0 unspecified atom stereocenters. The SMILES string of the molecule is COC(=O)c1ccccc1Nc1ccc2c(c1)C(C)(C)c1cc3c(cc1-2)C(C)(C)c1cc(Nc2ccccc2C)ccc1-3.O=C=O. The summed E-state index contributed by atoms with van der Waals surface area (Å²) in [5, 5.41) is 7.11. The van der Waals surface area contributed by atoms with E-state index in [4.69, 9.17) is 14.3 Å². The predicted octanol–water partition coefficient (Wildman–Crippen LogP) is 9.30. The van der Waals surface area contributed by atoms with Gasteiger partial charge < -0.3 is 15.4 Å². The van der Waals surface area contributed by atoms with Crippen LogP contribution in [0.4, 0.5) is 22.7 Å². The van der Waals surface area contributed by atoms with Gasteiger partial charge in [-0.1, -0.05) is 70.2 Å². The Morgan fingerprint density at radius 3 is 1.54 bits per heavy atom. The molecule has 0 aromatic heterocycles. The average molecular weight is 609 g/mol. The predicted molar refractivity (Wildman–Crippen MR) is 182 cm³/mol. The molecule has 0 saturated carbocycles. The van der Waals surface area contributed by atoms with E-state index in [2.05, 4.69) is 118 Å². The molecule has 46 heavy (non-hydrogen) atoms. The minimum Gasteiger partial charge on any atom is -0.465 e. The monoisotopic (exact) mass is 608 g/mol. The van der Waals surface area contributed by atoms with Gasteiger partial charge in [-0.2, -0.15) is 9.59 Å². The molecule has 5 aromatic carbocycles. The first-order valence-corrected chi connectivity index (χ1v) is 15.3. The van der Waals surface area contributed by atoms with Crippen molar-refractivity contribution in [2.24, 2.45) is 0 Å². The molecule has 0 atom stereocenters. The zero-order valence-corrected chi connectivity index (χ0v) is 26.9. The van der Waals surface area contributed by atoms with Crippen LogP contribution in [-0.4, -0.2) is 19.2 Å². The molecule has 0 saturated heterocycles. The third-order valence-electron chi connectivity index (χ3n) is 9.51. The van der Waals surface area contributed by atoms with Crippen LogP contribution in [-0.2, 0) is 25.2 Å². The van der Waals surface area contributed by atoms with Gasteiger partial charge in [0, 0.05) is 27.9 Å². The van der Waals surface area contributed by atoms with Crippen LogP contribution in [0.25, 0.3) is 22.3 Å². The highest BCUT2D eigenvalue weighted by Gasteiger charge is 2.41. The molecule has 2 aliphatic carbocycles. The van der Waals surface area contributed by atoms with Crippen molar-refractivity contribution in [3.8, 4) is 22.3 Å². The molecule has 5 aromatic rings. The number of aryl methyl sites for hydroxylation is 1. The maximum Gasteiger partial charge on any atom is 0.373 e. The zero-order chi connectivity index (χ0) is 32.8. The van der Waals surface area contributed by atoms with Crippen LogP contribution in [0.5, 0.6) is 0 Å². The number of nitrogens with one attached hydrogen (secondary N) is 2. The van der Waals surface area contributed by atoms with E-state index in [1.54, 1.807) is 6.07 Å². The zero-order valence-electron chi connectivity index (χ0n) is 26.9. The van der Waals surface area contributed by atoms with Gasteiger partial charge in [0.15, 0.2) is 0 Å². The Labute approximate surface area is 269 Å². The number of carbonyl (C=O) groups is 1. The summed E-state index contributed by atoms with van der Waals surface area (Å²) < 4.78 is 5.00. The number of methoxy groups -OCH3 is 1. The second kappa shape index (κ2) is 11.5. The van der Waals surface area contributed by atoms with E-state index in [1.165, 1.54) is 57.2 Å². The number of hydrogen-bond acceptors (Lipinski definition) is 6. The van der Waals surface area contributed by atoms with Crippen molar-refractivity contribution >= 4 is 34.9 Å². The fourth-order valence-electron chi connectivity index (χ4n) is 7.02. The Kier molecular flexibility index (Phi) is 7.63. The van der Waals surface area contributed by atoms with Crippen LogP contribution < -0.4 is 10.6 Å². The van der Waals surface area contributed by atoms with Gasteiger partial charge in [0.1, 0.15) is 0 Å². The van der Waals surface area contributed by atoms with Crippen LogP contribution in [0.15, 0.2) is 97.1 Å². The lowest BCUT2D eigenvalue weighted by molar-refractivity contribution is -0.191. The summed E-state index contributed by atoms with van der Waals surface area (Å²) in [5.41, 5.74) is 15.9. The first-order valence-electron chi connectivity index (χ1n) is 15.3. The fourth-order valence-corrected chi connectivity index (χ4v) is 7.02. The lowest BCUT2D eigenvalue weighted by Gasteiger charge is -2.24.